The molecule has 1 N–H and O–H groups in total. The molecule has 0 unspecified atom stereocenters. The molecule has 8 heteroatoms. The van der Waals surface area contributed by atoms with Crippen molar-refractivity contribution in [2.45, 2.75) is 12.5 Å². The summed E-state index contributed by atoms with van der Waals surface area (Å²) < 4.78 is 16.7. The van der Waals surface area contributed by atoms with Gasteiger partial charge in [0.25, 0.3) is 5.91 Å². The van der Waals surface area contributed by atoms with Crippen molar-refractivity contribution in [2.24, 2.45) is 0 Å². The number of nitrogens with zero attached hydrogens (tertiary/aromatic N) is 2. The van der Waals surface area contributed by atoms with Gasteiger partial charge in [-0.05, 0) is 42.0 Å². The van der Waals surface area contributed by atoms with E-state index in [1.165, 1.54) is 14.2 Å². The number of carbonyl (C=O) groups excluding carboxylic acids is 2. The lowest BCUT2D eigenvalue weighted by Gasteiger charge is -2.13. The third kappa shape index (κ3) is 4.99. The zero-order valence-corrected chi connectivity index (χ0v) is 20.4. The lowest BCUT2D eigenvalue weighted by molar-refractivity contribution is 0.0932. The van der Waals surface area contributed by atoms with Crippen LogP contribution in [-0.4, -0.2) is 48.5 Å². The number of fused-ring (bicyclic) bond motifs is 1. The van der Waals surface area contributed by atoms with Crippen LogP contribution < -0.4 is 19.5 Å². The molecule has 0 aliphatic carbocycles. The summed E-state index contributed by atoms with van der Waals surface area (Å²) in [6.07, 6.45) is 5.46. The molecule has 4 aromatic rings. The number of ether oxygens (including phenoxy) is 3. The number of methoxy groups -OCH3 is 2. The number of carbonyl (C=O) groups is 2. The van der Waals surface area contributed by atoms with Gasteiger partial charge in [0.2, 0.25) is 0 Å². The molecule has 3 aromatic carbocycles. The highest BCUT2D eigenvalue weighted by atomic mass is 16.5. The van der Waals surface area contributed by atoms with Gasteiger partial charge in [-0.25, -0.2) is 0 Å². The third-order valence-electron chi connectivity index (χ3n) is 6.22. The summed E-state index contributed by atoms with van der Waals surface area (Å²) in [4.78, 5) is 34.4. The topological polar surface area (TPSA) is 99.6 Å². The van der Waals surface area contributed by atoms with Crippen molar-refractivity contribution in [2.75, 3.05) is 20.8 Å². The maximum absolute atomic E-state index is 13.1. The van der Waals surface area contributed by atoms with Crippen LogP contribution in [-0.2, 0) is 6.42 Å². The molecule has 0 saturated heterocycles. The summed E-state index contributed by atoms with van der Waals surface area (Å²) in [7, 11) is 3.05. The average Bonchev–Trinajstić information content (AvgIpc) is 3.39. The van der Waals surface area contributed by atoms with Crippen LogP contribution in [0.2, 0.25) is 0 Å². The SMILES string of the molecule is COc1ccc(OC)c(C(=O)c2ccc(C(=O)NC[C@@H]3Cc4cccc(-c5cnccn5)c4O3)cc2)c1. The Labute approximate surface area is 214 Å². The molecule has 1 aromatic heterocycles. The van der Waals surface area contributed by atoms with Crippen molar-refractivity contribution >= 4 is 11.7 Å². The molecule has 8 nitrogen and oxygen atoms in total. The van der Waals surface area contributed by atoms with Gasteiger partial charge < -0.3 is 19.5 Å². The molecule has 37 heavy (non-hydrogen) atoms. The predicted octanol–water partition coefficient (Wildman–Crippen LogP) is 4.13. The Kier molecular flexibility index (Phi) is 6.81. The molecule has 5 rings (SSSR count). The van der Waals surface area contributed by atoms with Gasteiger partial charge in [-0.3, -0.25) is 19.6 Å². The number of aromatic nitrogens is 2. The molecule has 0 fully saturated rings. The number of hydrogen-bond donors (Lipinski definition) is 1. The van der Waals surface area contributed by atoms with E-state index in [-0.39, 0.29) is 17.8 Å². The van der Waals surface area contributed by atoms with E-state index < -0.39 is 0 Å². The molecule has 0 saturated carbocycles. The minimum absolute atomic E-state index is 0.196. The van der Waals surface area contributed by atoms with Crippen LogP contribution >= 0.6 is 0 Å². The summed E-state index contributed by atoms with van der Waals surface area (Å²) >= 11 is 0. The summed E-state index contributed by atoms with van der Waals surface area (Å²) in [5.41, 5.74) is 3.97. The molecule has 0 bridgehead atoms. The first-order chi connectivity index (χ1) is 18.1. The number of benzene rings is 3. The van der Waals surface area contributed by atoms with Gasteiger partial charge in [0.15, 0.2) is 5.78 Å². The van der Waals surface area contributed by atoms with E-state index in [0.717, 1.165) is 22.6 Å². The highest BCUT2D eigenvalue weighted by Gasteiger charge is 2.26. The van der Waals surface area contributed by atoms with E-state index in [9.17, 15) is 9.59 Å². The van der Waals surface area contributed by atoms with Crippen molar-refractivity contribution in [3.05, 3.63) is 102 Å². The third-order valence-corrected chi connectivity index (χ3v) is 6.22. The Morgan fingerprint density at radius 1 is 1.00 bits per heavy atom. The van der Waals surface area contributed by atoms with Gasteiger partial charge in [0.1, 0.15) is 23.4 Å². The summed E-state index contributed by atoms with van der Waals surface area (Å²) in [5, 5.41) is 2.94. The standard InChI is InChI=1S/C29H25N3O5/c1-35-21-10-11-26(36-2)24(15-21)27(33)18-6-8-19(9-7-18)29(34)32-16-22-14-20-4-3-5-23(28(20)37-22)25-17-30-12-13-31-25/h3-13,15,17,22H,14,16H2,1-2H3,(H,32,34)/t22-/m0/s1. The zero-order chi connectivity index (χ0) is 25.8. The maximum Gasteiger partial charge on any atom is 0.251 e. The molecule has 0 radical (unpaired) electrons. The van der Waals surface area contributed by atoms with E-state index in [0.29, 0.717) is 41.2 Å². The quantitative estimate of drug-likeness (QED) is 0.367. The zero-order valence-electron chi connectivity index (χ0n) is 20.4. The van der Waals surface area contributed by atoms with Crippen LogP contribution in [0.5, 0.6) is 17.2 Å². The number of ketones is 1. The molecule has 1 aliphatic heterocycles. The van der Waals surface area contributed by atoms with Gasteiger partial charge in [-0.2, -0.15) is 0 Å². The minimum atomic E-state index is -0.244. The van der Waals surface area contributed by atoms with Gasteiger partial charge >= 0.3 is 0 Å². The Morgan fingerprint density at radius 3 is 2.54 bits per heavy atom. The van der Waals surface area contributed by atoms with E-state index in [2.05, 4.69) is 15.3 Å². The lowest BCUT2D eigenvalue weighted by Crippen LogP contribution is -2.34. The number of amides is 1. The van der Waals surface area contributed by atoms with Gasteiger partial charge in [-0.15, -0.1) is 0 Å². The monoisotopic (exact) mass is 495 g/mol. The molecule has 1 amide bonds. The van der Waals surface area contributed by atoms with Crippen molar-refractivity contribution in [3.8, 4) is 28.5 Å². The van der Waals surface area contributed by atoms with Crippen LogP contribution in [0.15, 0.2) is 79.3 Å². The second kappa shape index (κ2) is 10.5. The van der Waals surface area contributed by atoms with Crippen LogP contribution in [0, 0.1) is 0 Å². The Balaban J connectivity index is 1.23. The first kappa shape index (κ1) is 24.0. The van der Waals surface area contributed by atoms with Gasteiger partial charge in [0.05, 0.1) is 38.2 Å². The highest BCUT2D eigenvalue weighted by Crippen LogP contribution is 2.37. The molecule has 0 spiro atoms. The molecular weight excluding hydrogens is 470 g/mol. The van der Waals surface area contributed by atoms with Crippen molar-refractivity contribution in [1.82, 2.24) is 15.3 Å². The Bertz CT molecular complexity index is 1440. The Morgan fingerprint density at radius 2 is 1.81 bits per heavy atom. The summed E-state index contributed by atoms with van der Waals surface area (Å²) in [6, 6.07) is 17.5. The van der Waals surface area contributed by atoms with Crippen LogP contribution in [0.3, 0.4) is 0 Å². The van der Waals surface area contributed by atoms with Crippen molar-refractivity contribution < 1.29 is 23.8 Å². The number of para-hydroxylation sites is 1. The normalized spacial score (nSPS) is 13.8. The van der Waals surface area contributed by atoms with E-state index in [4.69, 9.17) is 14.2 Å². The summed E-state index contributed by atoms with van der Waals surface area (Å²) in [6.45, 7) is 0.342. The van der Waals surface area contributed by atoms with Crippen LogP contribution in [0.4, 0.5) is 0 Å². The predicted molar refractivity (Wildman–Crippen MR) is 137 cm³/mol. The second-order valence-electron chi connectivity index (χ2n) is 8.51. The minimum Gasteiger partial charge on any atom is -0.497 e. The van der Waals surface area contributed by atoms with Gasteiger partial charge in [-0.1, -0.05) is 24.3 Å². The molecular formula is C29H25N3O5. The Hall–Kier alpha value is -4.72. The van der Waals surface area contributed by atoms with Crippen molar-refractivity contribution in [3.63, 3.8) is 0 Å². The molecule has 1 atom stereocenters. The van der Waals surface area contributed by atoms with E-state index in [1.807, 2.05) is 18.2 Å². The maximum atomic E-state index is 13.1. The fraction of sp³-hybridized carbons (Fsp3) is 0.172. The first-order valence-electron chi connectivity index (χ1n) is 11.8. The smallest absolute Gasteiger partial charge is 0.251 e. The fourth-order valence-corrected chi connectivity index (χ4v) is 4.32. The second-order valence-corrected chi connectivity index (χ2v) is 8.51. The van der Waals surface area contributed by atoms with Crippen LogP contribution in [0.1, 0.15) is 31.8 Å². The lowest BCUT2D eigenvalue weighted by atomic mass is 10.0. The van der Waals surface area contributed by atoms with Crippen molar-refractivity contribution in [1.29, 1.82) is 0 Å². The first-order valence-corrected chi connectivity index (χ1v) is 11.8. The fourth-order valence-electron chi connectivity index (χ4n) is 4.32. The van der Waals surface area contributed by atoms with Crippen LogP contribution in [0.25, 0.3) is 11.3 Å². The molecule has 186 valence electrons. The average molecular weight is 496 g/mol. The number of rotatable bonds is 8. The number of hydrogen-bond acceptors (Lipinski definition) is 7. The van der Waals surface area contributed by atoms with E-state index in [1.54, 1.807) is 61.1 Å². The largest absolute Gasteiger partial charge is 0.497 e. The molecule has 1 aliphatic rings. The molecule has 2 heterocycles. The highest BCUT2D eigenvalue weighted by molar-refractivity contribution is 6.11. The van der Waals surface area contributed by atoms with Gasteiger partial charge in [0, 0.05) is 35.5 Å². The summed E-state index contributed by atoms with van der Waals surface area (Å²) in [5.74, 6) is 1.32. The van der Waals surface area contributed by atoms with E-state index >= 15 is 0 Å². The number of nitrogens with one attached hydrogen (secondary N) is 1.